The number of hydrogen-bond donors (Lipinski definition) is 2. The molecule has 0 aromatic carbocycles. The molecule has 0 aliphatic carbocycles. The van der Waals surface area contributed by atoms with Gasteiger partial charge in [0.25, 0.3) is 5.91 Å². The lowest BCUT2D eigenvalue weighted by atomic mass is 10.1. The summed E-state index contributed by atoms with van der Waals surface area (Å²) in [6.45, 7) is 7.09. The van der Waals surface area contributed by atoms with Crippen LogP contribution in [0.1, 0.15) is 49.8 Å². The van der Waals surface area contributed by atoms with Crippen LogP contribution in [-0.4, -0.2) is 22.6 Å². The molecular weight excluding hydrogens is 202 g/mol. The molecule has 0 spiro atoms. The lowest BCUT2D eigenvalue weighted by Crippen LogP contribution is -2.25. The number of hydrogen-bond acceptors (Lipinski definition) is 2. The van der Waals surface area contributed by atoms with Crippen LogP contribution in [0.5, 0.6) is 0 Å². The third-order valence-electron chi connectivity index (χ3n) is 2.39. The van der Waals surface area contributed by atoms with Gasteiger partial charge in [0.15, 0.2) is 0 Å². The first kappa shape index (κ1) is 12.7. The topological polar surface area (TPSA) is 57.8 Å². The fourth-order valence-corrected chi connectivity index (χ4v) is 1.44. The van der Waals surface area contributed by atoms with E-state index < -0.39 is 0 Å². The van der Waals surface area contributed by atoms with Crippen molar-refractivity contribution in [1.82, 2.24) is 15.5 Å². The monoisotopic (exact) mass is 223 g/mol. The molecule has 90 valence electrons. The van der Waals surface area contributed by atoms with Crippen molar-refractivity contribution in [1.29, 1.82) is 0 Å². The van der Waals surface area contributed by atoms with E-state index in [1.54, 1.807) is 0 Å². The Balaban J connectivity index is 2.40. The van der Waals surface area contributed by atoms with E-state index in [0.29, 0.717) is 18.2 Å². The fraction of sp³-hybridized carbons (Fsp3) is 0.667. The molecule has 0 saturated carbocycles. The van der Waals surface area contributed by atoms with Crippen LogP contribution in [0.4, 0.5) is 0 Å². The molecule has 1 amide bonds. The number of aromatic amines is 1. The van der Waals surface area contributed by atoms with Gasteiger partial charge < -0.3 is 5.32 Å². The van der Waals surface area contributed by atoms with E-state index in [1.807, 2.05) is 6.07 Å². The first-order chi connectivity index (χ1) is 7.63. The Morgan fingerprint density at radius 1 is 1.56 bits per heavy atom. The molecule has 0 fully saturated rings. The van der Waals surface area contributed by atoms with E-state index in [2.05, 4.69) is 36.3 Å². The molecule has 4 heteroatoms. The minimum absolute atomic E-state index is 0.0840. The zero-order chi connectivity index (χ0) is 12.0. The van der Waals surface area contributed by atoms with Crippen molar-refractivity contribution in [3.63, 3.8) is 0 Å². The minimum atomic E-state index is -0.0840. The van der Waals surface area contributed by atoms with Gasteiger partial charge in [-0.1, -0.05) is 27.2 Å². The number of amides is 1. The van der Waals surface area contributed by atoms with Crippen molar-refractivity contribution < 1.29 is 4.79 Å². The average molecular weight is 223 g/mol. The predicted octanol–water partition coefficient (Wildman–Crippen LogP) is 2.14. The van der Waals surface area contributed by atoms with E-state index in [9.17, 15) is 4.79 Å². The Hall–Kier alpha value is -1.32. The summed E-state index contributed by atoms with van der Waals surface area (Å²) in [5.41, 5.74) is 1.52. The normalized spacial score (nSPS) is 10.8. The van der Waals surface area contributed by atoms with Gasteiger partial charge in [0.2, 0.25) is 0 Å². The number of carbonyl (C=O) groups excluding carboxylic acids is 1. The van der Waals surface area contributed by atoms with Crippen LogP contribution < -0.4 is 5.32 Å². The molecule has 2 N–H and O–H groups in total. The van der Waals surface area contributed by atoms with Crippen molar-refractivity contribution in [3.8, 4) is 0 Å². The van der Waals surface area contributed by atoms with Crippen molar-refractivity contribution in [2.45, 2.75) is 40.0 Å². The van der Waals surface area contributed by atoms with Gasteiger partial charge in [-0.15, -0.1) is 0 Å². The summed E-state index contributed by atoms with van der Waals surface area (Å²) in [4.78, 5) is 11.7. The van der Waals surface area contributed by atoms with E-state index in [1.165, 1.54) is 0 Å². The summed E-state index contributed by atoms with van der Waals surface area (Å²) in [6, 6.07) is 1.83. The summed E-state index contributed by atoms with van der Waals surface area (Å²) in [6.07, 6.45) is 2.99. The predicted molar refractivity (Wildman–Crippen MR) is 64.4 cm³/mol. The van der Waals surface area contributed by atoms with Gasteiger partial charge in [0.05, 0.1) is 0 Å². The summed E-state index contributed by atoms with van der Waals surface area (Å²) < 4.78 is 0. The van der Waals surface area contributed by atoms with Gasteiger partial charge in [-0.2, -0.15) is 5.10 Å². The Morgan fingerprint density at radius 2 is 2.31 bits per heavy atom. The fourth-order valence-electron chi connectivity index (χ4n) is 1.44. The summed E-state index contributed by atoms with van der Waals surface area (Å²) in [7, 11) is 0. The molecule has 0 atom stereocenters. The maximum Gasteiger partial charge on any atom is 0.271 e. The van der Waals surface area contributed by atoms with Gasteiger partial charge in [-0.05, 0) is 24.8 Å². The zero-order valence-electron chi connectivity index (χ0n) is 10.3. The molecule has 0 aliphatic rings. The molecule has 0 radical (unpaired) electrons. The smallest absolute Gasteiger partial charge is 0.271 e. The van der Waals surface area contributed by atoms with Crippen molar-refractivity contribution in [3.05, 3.63) is 17.5 Å². The van der Waals surface area contributed by atoms with Crippen LogP contribution in [-0.2, 0) is 6.42 Å². The molecule has 1 rings (SSSR count). The molecule has 0 bridgehead atoms. The standard InChI is InChI=1S/C12H21N3O/c1-4-5-10-8-11(15-14-10)12(16)13-7-6-9(2)3/h8-9H,4-7H2,1-3H3,(H,13,16)(H,14,15). The zero-order valence-corrected chi connectivity index (χ0v) is 10.3. The summed E-state index contributed by atoms with van der Waals surface area (Å²) in [5, 5.41) is 9.74. The first-order valence-electron chi connectivity index (χ1n) is 5.96. The Bertz CT molecular complexity index is 331. The second-order valence-electron chi connectivity index (χ2n) is 4.47. The summed E-state index contributed by atoms with van der Waals surface area (Å²) in [5.74, 6) is 0.523. The molecule has 1 heterocycles. The number of H-pyrrole nitrogens is 1. The quantitative estimate of drug-likeness (QED) is 0.776. The highest BCUT2D eigenvalue weighted by atomic mass is 16.1. The third kappa shape index (κ3) is 4.04. The van der Waals surface area contributed by atoms with Gasteiger partial charge in [0, 0.05) is 12.2 Å². The van der Waals surface area contributed by atoms with E-state index in [4.69, 9.17) is 0 Å². The second kappa shape index (κ2) is 6.30. The number of aryl methyl sites for hydroxylation is 1. The van der Waals surface area contributed by atoms with Crippen molar-refractivity contribution in [2.24, 2.45) is 5.92 Å². The highest BCUT2D eigenvalue weighted by Crippen LogP contribution is 2.03. The highest BCUT2D eigenvalue weighted by molar-refractivity contribution is 5.92. The second-order valence-corrected chi connectivity index (χ2v) is 4.47. The van der Waals surface area contributed by atoms with Gasteiger partial charge >= 0.3 is 0 Å². The van der Waals surface area contributed by atoms with E-state index in [-0.39, 0.29) is 5.91 Å². The van der Waals surface area contributed by atoms with E-state index >= 15 is 0 Å². The van der Waals surface area contributed by atoms with Crippen molar-refractivity contribution in [2.75, 3.05) is 6.54 Å². The van der Waals surface area contributed by atoms with Crippen LogP contribution in [0.2, 0.25) is 0 Å². The molecule has 0 unspecified atom stereocenters. The van der Waals surface area contributed by atoms with Gasteiger partial charge in [-0.25, -0.2) is 0 Å². The van der Waals surface area contributed by atoms with E-state index in [0.717, 1.165) is 25.0 Å². The molecule has 0 saturated heterocycles. The Labute approximate surface area is 96.8 Å². The number of rotatable bonds is 6. The van der Waals surface area contributed by atoms with Crippen LogP contribution in [0.25, 0.3) is 0 Å². The molecule has 4 nitrogen and oxygen atoms in total. The molecule has 1 aromatic heterocycles. The van der Waals surface area contributed by atoms with Crippen LogP contribution in [0.15, 0.2) is 6.07 Å². The molecule has 1 aromatic rings. The lowest BCUT2D eigenvalue weighted by Gasteiger charge is -2.04. The third-order valence-corrected chi connectivity index (χ3v) is 2.39. The number of nitrogens with zero attached hydrogens (tertiary/aromatic N) is 1. The van der Waals surface area contributed by atoms with Crippen molar-refractivity contribution >= 4 is 5.91 Å². The Kier molecular flexibility index (Phi) is 5.02. The molecule has 0 aliphatic heterocycles. The highest BCUT2D eigenvalue weighted by Gasteiger charge is 2.09. The lowest BCUT2D eigenvalue weighted by molar-refractivity contribution is 0.0947. The van der Waals surface area contributed by atoms with Gasteiger partial charge in [-0.3, -0.25) is 9.89 Å². The number of carbonyl (C=O) groups is 1. The summed E-state index contributed by atoms with van der Waals surface area (Å²) >= 11 is 0. The maximum atomic E-state index is 11.7. The van der Waals surface area contributed by atoms with Crippen LogP contribution >= 0.6 is 0 Å². The van der Waals surface area contributed by atoms with Crippen LogP contribution in [0, 0.1) is 5.92 Å². The SMILES string of the molecule is CCCc1cc(C(=O)NCCC(C)C)n[nH]1. The molecular formula is C12H21N3O. The molecule has 16 heavy (non-hydrogen) atoms. The number of aromatic nitrogens is 2. The maximum absolute atomic E-state index is 11.7. The average Bonchev–Trinajstić information content (AvgIpc) is 2.66. The van der Waals surface area contributed by atoms with Crippen LogP contribution in [0.3, 0.4) is 0 Å². The number of nitrogens with one attached hydrogen (secondary N) is 2. The largest absolute Gasteiger partial charge is 0.351 e. The first-order valence-corrected chi connectivity index (χ1v) is 5.96. The van der Waals surface area contributed by atoms with Gasteiger partial charge in [0.1, 0.15) is 5.69 Å². The Morgan fingerprint density at radius 3 is 2.94 bits per heavy atom. The minimum Gasteiger partial charge on any atom is -0.351 e.